The Morgan fingerprint density at radius 1 is 0.617 bits per heavy atom. The van der Waals surface area contributed by atoms with Crippen LogP contribution in [-0.4, -0.2) is 0 Å². The van der Waals surface area contributed by atoms with Gasteiger partial charge in [0.05, 0.1) is 11.4 Å². The molecule has 0 spiro atoms. The van der Waals surface area contributed by atoms with Gasteiger partial charge in [0.1, 0.15) is 23.0 Å². The largest absolute Gasteiger partial charge is 0.455 e. The summed E-state index contributed by atoms with van der Waals surface area (Å²) in [7, 11) is 0. The first-order valence-electron chi connectivity index (χ1n) is 18.2. The summed E-state index contributed by atoms with van der Waals surface area (Å²) in [4.78, 5) is 0. The van der Waals surface area contributed by atoms with Crippen molar-refractivity contribution in [2.75, 3.05) is 11.5 Å². The predicted octanol–water partition coefficient (Wildman–Crippen LogP) is 12.1. The zero-order chi connectivity index (χ0) is 32.7. The molecule has 248 valence electrons. The van der Waals surface area contributed by atoms with Crippen LogP contribution >= 0.6 is 0 Å². The lowest BCUT2D eigenvalue weighted by Crippen LogP contribution is -2.40. The molecule has 0 heterocycles. The first-order chi connectivity index (χ1) is 23.0. The Balaban J connectivity index is 1.39. The van der Waals surface area contributed by atoms with Gasteiger partial charge in [-0.2, -0.15) is 0 Å². The standard InChI is InChI=1S/C43H54N2O2/c1-3-4-14-27-42(28-15-5-16-29-42)32(2)33-25-30-43(31-26-33,34-17-6-10-21-38(34)46-40-23-12-8-19-36(40)44)35-18-7-11-22-39(35)47-41-24-13-9-20-37(41)45/h6-13,17-24,32-33H,3-5,14-16,25-31,44-45H2,1-2H3. The smallest absolute Gasteiger partial charge is 0.150 e. The molecule has 2 fully saturated rings. The van der Waals surface area contributed by atoms with E-state index in [-0.39, 0.29) is 5.41 Å². The van der Waals surface area contributed by atoms with Gasteiger partial charge in [-0.25, -0.2) is 0 Å². The number of anilines is 2. The average Bonchev–Trinajstić information content (AvgIpc) is 3.11. The molecule has 6 rings (SSSR count). The van der Waals surface area contributed by atoms with Crippen molar-refractivity contribution in [3.05, 3.63) is 108 Å². The highest BCUT2D eigenvalue weighted by Crippen LogP contribution is 2.57. The van der Waals surface area contributed by atoms with Crippen LogP contribution in [0.4, 0.5) is 11.4 Å². The van der Waals surface area contributed by atoms with E-state index in [2.05, 4.69) is 62.4 Å². The third kappa shape index (κ3) is 7.03. The molecule has 1 unspecified atom stereocenters. The number of nitrogen functional groups attached to an aromatic ring is 2. The van der Waals surface area contributed by atoms with Crippen LogP contribution in [0.25, 0.3) is 0 Å². The number of benzene rings is 4. The van der Waals surface area contributed by atoms with Crippen molar-refractivity contribution >= 4 is 11.4 Å². The molecule has 0 saturated heterocycles. The van der Waals surface area contributed by atoms with Crippen molar-refractivity contribution in [1.29, 1.82) is 0 Å². The van der Waals surface area contributed by atoms with Gasteiger partial charge in [0.15, 0.2) is 0 Å². The first kappa shape index (κ1) is 33.0. The lowest BCUT2D eigenvalue weighted by Gasteiger charge is -2.50. The van der Waals surface area contributed by atoms with E-state index in [9.17, 15) is 0 Å². The maximum atomic E-state index is 6.67. The van der Waals surface area contributed by atoms with Gasteiger partial charge in [0.25, 0.3) is 0 Å². The minimum atomic E-state index is -0.293. The SMILES string of the molecule is CCCCCC1(C(C)C2CCC(c3ccccc3Oc3ccccc3N)(c3ccccc3Oc3ccccc3N)CC2)CCCCC1. The van der Waals surface area contributed by atoms with Crippen LogP contribution in [0.15, 0.2) is 97.1 Å². The molecule has 0 bridgehead atoms. The van der Waals surface area contributed by atoms with Crippen LogP contribution in [0.1, 0.15) is 108 Å². The monoisotopic (exact) mass is 630 g/mol. The van der Waals surface area contributed by atoms with Crippen molar-refractivity contribution in [2.24, 2.45) is 17.3 Å². The van der Waals surface area contributed by atoms with Crippen molar-refractivity contribution in [1.82, 2.24) is 0 Å². The second-order valence-electron chi connectivity index (χ2n) is 14.4. The maximum Gasteiger partial charge on any atom is 0.150 e. The number of ether oxygens (including phenoxy) is 2. The quantitative estimate of drug-likeness (QED) is 0.121. The van der Waals surface area contributed by atoms with Crippen LogP contribution in [0.2, 0.25) is 0 Å². The molecule has 0 radical (unpaired) electrons. The summed E-state index contributed by atoms with van der Waals surface area (Å²) in [6.07, 6.45) is 16.9. The fourth-order valence-electron chi connectivity index (χ4n) is 9.02. The normalized spacial score (nSPS) is 18.3. The number of unbranched alkanes of at least 4 members (excludes halogenated alkanes) is 2. The Kier molecular flexibility index (Phi) is 10.4. The van der Waals surface area contributed by atoms with Crippen molar-refractivity contribution in [3.63, 3.8) is 0 Å². The van der Waals surface area contributed by atoms with Gasteiger partial charge in [-0.05, 0) is 98.6 Å². The molecule has 4 aromatic rings. The molecule has 4 N–H and O–H groups in total. The molecule has 2 aliphatic rings. The van der Waals surface area contributed by atoms with E-state index >= 15 is 0 Å². The maximum absolute atomic E-state index is 6.67. The molecule has 4 nitrogen and oxygen atoms in total. The van der Waals surface area contributed by atoms with Gasteiger partial charge in [-0.1, -0.05) is 113 Å². The number of hydrogen-bond acceptors (Lipinski definition) is 4. The minimum absolute atomic E-state index is 0.293. The van der Waals surface area contributed by atoms with Gasteiger partial charge in [0.2, 0.25) is 0 Å². The molecule has 2 saturated carbocycles. The second kappa shape index (κ2) is 14.9. The zero-order valence-corrected chi connectivity index (χ0v) is 28.6. The highest BCUT2D eigenvalue weighted by molar-refractivity contribution is 5.59. The molecule has 47 heavy (non-hydrogen) atoms. The average molecular weight is 631 g/mol. The first-order valence-corrected chi connectivity index (χ1v) is 18.2. The van der Waals surface area contributed by atoms with Crippen molar-refractivity contribution in [3.8, 4) is 23.0 Å². The van der Waals surface area contributed by atoms with E-state index in [4.69, 9.17) is 20.9 Å². The van der Waals surface area contributed by atoms with Crippen LogP contribution < -0.4 is 20.9 Å². The van der Waals surface area contributed by atoms with Crippen LogP contribution in [0, 0.1) is 17.3 Å². The van der Waals surface area contributed by atoms with Gasteiger partial charge in [-0.15, -0.1) is 0 Å². The topological polar surface area (TPSA) is 70.5 Å². The fraction of sp³-hybridized carbons (Fsp3) is 0.442. The molecule has 0 aliphatic heterocycles. The van der Waals surface area contributed by atoms with E-state index in [1.54, 1.807) is 0 Å². The molecule has 4 heteroatoms. The Morgan fingerprint density at radius 2 is 1.09 bits per heavy atom. The summed E-state index contributed by atoms with van der Waals surface area (Å²) in [5.74, 6) is 4.52. The highest BCUT2D eigenvalue weighted by Gasteiger charge is 2.47. The number of nitrogens with two attached hydrogens (primary N) is 2. The molecule has 1 atom stereocenters. The molecular formula is C43H54N2O2. The molecule has 2 aliphatic carbocycles. The van der Waals surface area contributed by atoms with Gasteiger partial charge >= 0.3 is 0 Å². The molecule has 4 aromatic carbocycles. The number of para-hydroxylation sites is 6. The summed E-state index contributed by atoms with van der Waals surface area (Å²) in [6, 6.07) is 32.7. The van der Waals surface area contributed by atoms with Crippen molar-refractivity contribution in [2.45, 2.75) is 103 Å². The summed E-state index contributed by atoms with van der Waals surface area (Å²) < 4.78 is 13.3. The van der Waals surface area contributed by atoms with E-state index < -0.39 is 0 Å². The van der Waals surface area contributed by atoms with Gasteiger partial charge in [0, 0.05) is 16.5 Å². The summed E-state index contributed by atoms with van der Waals surface area (Å²) >= 11 is 0. The summed E-state index contributed by atoms with van der Waals surface area (Å²) in [5.41, 5.74) is 16.6. The lowest BCUT2D eigenvalue weighted by atomic mass is 9.55. The van der Waals surface area contributed by atoms with E-state index in [1.807, 2.05) is 48.5 Å². The van der Waals surface area contributed by atoms with Gasteiger partial charge in [-0.3, -0.25) is 0 Å². The van der Waals surface area contributed by atoms with E-state index in [1.165, 1.54) is 81.8 Å². The fourth-order valence-corrected chi connectivity index (χ4v) is 9.02. The second-order valence-corrected chi connectivity index (χ2v) is 14.4. The number of rotatable bonds is 12. The van der Waals surface area contributed by atoms with Gasteiger partial charge < -0.3 is 20.9 Å². The Bertz CT molecular complexity index is 1510. The van der Waals surface area contributed by atoms with E-state index in [0.29, 0.717) is 34.2 Å². The molecular weight excluding hydrogens is 576 g/mol. The van der Waals surface area contributed by atoms with E-state index in [0.717, 1.165) is 30.3 Å². The third-order valence-corrected chi connectivity index (χ3v) is 11.8. The zero-order valence-electron chi connectivity index (χ0n) is 28.6. The Labute approximate surface area is 282 Å². The van der Waals surface area contributed by atoms with Crippen LogP contribution in [-0.2, 0) is 5.41 Å². The molecule has 0 aromatic heterocycles. The lowest BCUT2D eigenvalue weighted by molar-refractivity contribution is 0.0313. The highest BCUT2D eigenvalue weighted by atomic mass is 16.5. The molecule has 0 amide bonds. The van der Waals surface area contributed by atoms with Crippen molar-refractivity contribution < 1.29 is 9.47 Å². The summed E-state index contributed by atoms with van der Waals surface area (Å²) in [6.45, 7) is 4.94. The minimum Gasteiger partial charge on any atom is -0.455 e. The Hall–Kier alpha value is -3.92. The Morgan fingerprint density at radius 3 is 1.57 bits per heavy atom. The third-order valence-electron chi connectivity index (χ3n) is 11.8. The summed E-state index contributed by atoms with van der Waals surface area (Å²) in [5, 5.41) is 0. The predicted molar refractivity (Wildman–Crippen MR) is 196 cm³/mol. The van der Waals surface area contributed by atoms with Crippen LogP contribution in [0.3, 0.4) is 0 Å². The van der Waals surface area contributed by atoms with Crippen LogP contribution in [0.5, 0.6) is 23.0 Å². The number of hydrogen-bond donors (Lipinski definition) is 2.